The van der Waals surface area contributed by atoms with Crippen molar-refractivity contribution in [2.24, 2.45) is 0 Å². The van der Waals surface area contributed by atoms with Crippen LogP contribution in [0, 0.1) is 0 Å². The number of hydrogen-bond acceptors (Lipinski definition) is 4. The maximum atomic E-state index is 11.2. The summed E-state index contributed by atoms with van der Waals surface area (Å²) in [7, 11) is 0. The van der Waals surface area contributed by atoms with Crippen LogP contribution in [0.2, 0.25) is 0 Å². The standard InChI is InChI=1S/C14H22N2O3/c1-5-12-13(15-11(4)17)9-8-10-14(12)16(18-6-2)19-7-3/h8-10H,5-7H2,1-4H3,(H,15,17). The highest BCUT2D eigenvalue weighted by atomic mass is 16.9. The number of carbonyl (C=O) groups is 1. The molecule has 0 spiro atoms. The molecule has 106 valence electrons. The molecule has 0 heterocycles. The molecule has 0 fully saturated rings. The largest absolute Gasteiger partial charge is 0.326 e. The average Bonchev–Trinajstić information content (AvgIpc) is 2.37. The molecule has 1 aromatic rings. The van der Waals surface area contributed by atoms with E-state index in [1.807, 2.05) is 39.0 Å². The first-order valence-corrected chi connectivity index (χ1v) is 6.59. The van der Waals surface area contributed by atoms with Crippen LogP contribution in [0.15, 0.2) is 18.2 Å². The van der Waals surface area contributed by atoms with Crippen LogP contribution in [0.1, 0.15) is 33.3 Å². The zero-order valence-electron chi connectivity index (χ0n) is 12.0. The summed E-state index contributed by atoms with van der Waals surface area (Å²) in [6.45, 7) is 8.33. The maximum absolute atomic E-state index is 11.2. The smallest absolute Gasteiger partial charge is 0.221 e. The van der Waals surface area contributed by atoms with Gasteiger partial charge in [0.05, 0.1) is 18.9 Å². The van der Waals surface area contributed by atoms with Crippen molar-refractivity contribution in [1.29, 1.82) is 0 Å². The Kier molecular flexibility index (Phi) is 6.32. The van der Waals surface area contributed by atoms with Gasteiger partial charge in [-0.25, -0.2) is 9.68 Å². The summed E-state index contributed by atoms with van der Waals surface area (Å²) in [4.78, 5) is 22.2. The minimum atomic E-state index is -0.0915. The average molecular weight is 266 g/mol. The van der Waals surface area contributed by atoms with Gasteiger partial charge in [-0.2, -0.15) is 0 Å². The fraction of sp³-hybridized carbons (Fsp3) is 0.500. The van der Waals surface area contributed by atoms with Gasteiger partial charge in [0.2, 0.25) is 5.91 Å². The summed E-state index contributed by atoms with van der Waals surface area (Å²) in [5.41, 5.74) is 2.59. The van der Waals surface area contributed by atoms with Crippen molar-refractivity contribution in [2.75, 3.05) is 23.8 Å². The predicted octanol–water partition coefficient (Wildman–Crippen LogP) is 2.92. The van der Waals surface area contributed by atoms with Gasteiger partial charge in [-0.15, -0.1) is 5.23 Å². The number of amides is 1. The highest BCUT2D eigenvalue weighted by Gasteiger charge is 2.15. The van der Waals surface area contributed by atoms with Crippen molar-refractivity contribution in [2.45, 2.75) is 34.1 Å². The van der Waals surface area contributed by atoms with Crippen molar-refractivity contribution < 1.29 is 14.5 Å². The Balaban J connectivity index is 3.13. The highest BCUT2D eigenvalue weighted by molar-refractivity contribution is 5.90. The van der Waals surface area contributed by atoms with Gasteiger partial charge in [0.25, 0.3) is 0 Å². The first-order chi connectivity index (χ1) is 9.13. The van der Waals surface area contributed by atoms with Crippen molar-refractivity contribution in [3.63, 3.8) is 0 Å². The quantitative estimate of drug-likeness (QED) is 0.771. The molecule has 0 atom stereocenters. The second-order valence-corrected chi connectivity index (χ2v) is 3.93. The van der Waals surface area contributed by atoms with Crippen molar-refractivity contribution in [1.82, 2.24) is 0 Å². The second-order valence-electron chi connectivity index (χ2n) is 3.93. The molecular formula is C14H22N2O3. The number of nitrogens with zero attached hydrogens (tertiary/aromatic N) is 1. The predicted molar refractivity (Wildman–Crippen MR) is 75.9 cm³/mol. The summed E-state index contributed by atoms with van der Waals surface area (Å²) < 4.78 is 0. The Bertz CT molecular complexity index is 415. The minimum Gasteiger partial charge on any atom is -0.326 e. The number of hydrogen-bond donors (Lipinski definition) is 1. The normalized spacial score (nSPS) is 10.3. The Morgan fingerprint density at radius 1 is 1.21 bits per heavy atom. The third kappa shape index (κ3) is 4.22. The second kappa shape index (κ2) is 7.76. The van der Waals surface area contributed by atoms with Crippen molar-refractivity contribution >= 4 is 17.3 Å². The lowest BCUT2D eigenvalue weighted by Crippen LogP contribution is -2.25. The lowest BCUT2D eigenvalue weighted by Gasteiger charge is -2.24. The molecule has 0 bridgehead atoms. The molecule has 1 rings (SSSR count). The monoisotopic (exact) mass is 266 g/mol. The molecule has 1 amide bonds. The number of carbonyl (C=O) groups excluding carboxylic acids is 1. The summed E-state index contributed by atoms with van der Waals surface area (Å²) in [6.07, 6.45) is 0.766. The number of benzene rings is 1. The fourth-order valence-corrected chi connectivity index (χ4v) is 1.83. The summed E-state index contributed by atoms with van der Waals surface area (Å²) in [5, 5.41) is 4.25. The Hall–Kier alpha value is -1.59. The Labute approximate surface area is 114 Å². The van der Waals surface area contributed by atoms with Gasteiger partial charge in [-0.3, -0.25) is 4.79 Å². The number of anilines is 2. The van der Waals surface area contributed by atoms with E-state index in [-0.39, 0.29) is 5.91 Å². The molecule has 0 aliphatic heterocycles. The Morgan fingerprint density at radius 3 is 2.32 bits per heavy atom. The van der Waals surface area contributed by atoms with E-state index in [9.17, 15) is 4.79 Å². The van der Waals surface area contributed by atoms with Crippen LogP contribution < -0.4 is 10.5 Å². The van der Waals surface area contributed by atoms with E-state index in [4.69, 9.17) is 9.68 Å². The maximum Gasteiger partial charge on any atom is 0.221 e. The van der Waals surface area contributed by atoms with Gasteiger partial charge in [-0.1, -0.05) is 13.0 Å². The van der Waals surface area contributed by atoms with E-state index in [0.717, 1.165) is 23.4 Å². The van der Waals surface area contributed by atoms with Crippen LogP contribution in [0.4, 0.5) is 11.4 Å². The van der Waals surface area contributed by atoms with E-state index in [1.165, 1.54) is 12.2 Å². The zero-order valence-corrected chi connectivity index (χ0v) is 12.0. The van der Waals surface area contributed by atoms with Crippen LogP contribution in [0.25, 0.3) is 0 Å². The molecule has 1 N–H and O–H groups in total. The zero-order chi connectivity index (χ0) is 14.3. The topological polar surface area (TPSA) is 50.8 Å². The van der Waals surface area contributed by atoms with Gasteiger partial charge in [-0.05, 0) is 32.4 Å². The molecule has 0 aliphatic carbocycles. The van der Waals surface area contributed by atoms with Gasteiger partial charge >= 0.3 is 0 Å². The van der Waals surface area contributed by atoms with Crippen LogP contribution in [-0.4, -0.2) is 19.1 Å². The third-order valence-electron chi connectivity index (χ3n) is 2.50. The first kappa shape index (κ1) is 15.5. The van der Waals surface area contributed by atoms with Crippen LogP contribution in [-0.2, 0) is 20.9 Å². The van der Waals surface area contributed by atoms with Gasteiger partial charge in [0.15, 0.2) is 0 Å². The van der Waals surface area contributed by atoms with E-state index in [1.54, 1.807) is 0 Å². The van der Waals surface area contributed by atoms with Gasteiger partial charge in [0.1, 0.15) is 0 Å². The molecule has 0 unspecified atom stereocenters. The van der Waals surface area contributed by atoms with Crippen molar-refractivity contribution in [3.8, 4) is 0 Å². The van der Waals surface area contributed by atoms with Gasteiger partial charge in [0, 0.05) is 18.2 Å². The molecule has 0 aromatic heterocycles. The molecule has 0 saturated heterocycles. The molecule has 5 nitrogen and oxygen atoms in total. The van der Waals surface area contributed by atoms with Crippen LogP contribution in [0.3, 0.4) is 0 Å². The van der Waals surface area contributed by atoms with Gasteiger partial charge < -0.3 is 5.32 Å². The van der Waals surface area contributed by atoms with Crippen LogP contribution in [0.5, 0.6) is 0 Å². The summed E-state index contributed by atoms with van der Waals surface area (Å²) in [6, 6.07) is 5.65. The minimum absolute atomic E-state index is 0.0915. The molecular weight excluding hydrogens is 244 g/mol. The molecule has 1 aromatic carbocycles. The Morgan fingerprint density at radius 2 is 1.84 bits per heavy atom. The van der Waals surface area contributed by atoms with E-state index >= 15 is 0 Å². The molecule has 19 heavy (non-hydrogen) atoms. The van der Waals surface area contributed by atoms with E-state index in [0.29, 0.717) is 13.2 Å². The molecule has 0 aliphatic rings. The third-order valence-corrected chi connectivity index (χ3v) is 2.50. The first-order valence-electron chi connectivity index (χ1n) is 6.59. The fourth-order valence-electron chi connectivity index (χ4n) is 1.83. The number of rotatable bonds is 7. The van der Waals surface area contributed by atoms with Crippen molar-refractivity contribution in [3.05, 3.63) is 23.8 Å². The van der Waals surface area contributed by atoms with E-state index < -0.39 is 0 Å². The lowest BCUT2D eigenvalue weighted by molar-refractivity contribution is -0.114. The van der Waals surface area contributed by atoms with E-state index in [2.05, 4.69) is 5.32 Å². The number of nitrogens with one attached hydrogen (secondary N) is 1. The molecule has 0 saturated carbocycles. The van der Waals surface area contributed by atoms with Crippen LogP contribution >= 0.6 is 0 Å². The summed E-state index contributed by atoms with van der Waals surface area (Å²) >= 11 is 0. The molecule has 0 radical (unpaired) electrons. The lowest BCUT2D eigenvalue weighted by atomic mass is 10.1. The SMILES string of the molecule is CCON(OCC)c1cccc(NC(C)=O)c1CC. The highest BCUT2D eigenvalue weighted by Crippen LogP contribution is 2.28. The summed E-state index contributed by atoms with van der Waals surface area (Å²) in [5.74, 6) is -0.0915. The molecule has 5 heteroatoms.